The van der Waals surface area contributed by atoms with Gasteiger partial charge in [0.15, 0.2) is 5.58 Å². The van der Waals surface area contributed by atoms with Gasteiger partial charge in [-0.2, -0.15) is 0 Å². The Morgan fingerprint density at radius 3 is 2.92 bits per heavy atom. The molecule has 1 amide bonds. The number of sulfonamides is 1. The highest BCUT2D eigenvalue weighted by atomic mass is 32.2. The number of para-hydroxylation sites is 1. The molecule has 1 saturated carbocycles. The number of carbonyl (C=O) groups excluding carboxylic acids is 1. The third-order valence-electron chi connectivity index (χ3n) is 4.84. The van der Waals surface area contributed by atoms with E-state index in [1.165, 1.54) is 0 Å². The number of rotatable bonds is 5. The van der Waals surface area contributed by atoms with Gasteiger partial charge >= 0.3 is 0 Å². The Bertz CT molecular complexity index is 909. The quantitative estimate of drug-likeness (QED) is 0.783. The van der Waals surface area contributed by atoms with Crippen LogP contribution in [0.5, 0.6) is 0 Å². The molecule has 0 unspecified atom stereocenters. The zero-order valence-corrected chi connectivity index (χ0v) is 14.5. The molecule has 2 aromatic rings. The summed E-state index contributed by atoms with van der Waals surface area (Å²) in [4.78, 5) is 12.4. The van der Waals surface area contributed by atoms with Crippen molar-refractivity contribution in [2.75, 3.05) is 12.9 Å². The highest BCUT2D eigenvalue weighted by molar-refractivity contribution is 7.88. The van der Waals surface area contributed by atoms with Gasteiger partial charge in [0.25, 0.3) is 0 Å². The van der Waals surface area contributed by atoms with Crippen LogP contribution in [0, 0.1) is 5.92 Å². The minimum atomic E-state index is -3.38. The molecule has 4 rings (SSSR count). The number of carbonyl (C=O) groups is 1. The Balaban J connectivity index is 1.46. The molecule has 0 bridgehead atoms. The molecule has 1 aromatic carbocycles. The first-order valence-electron chi connectivity index (χ1n) is 8.14. The largest absolute Gasteiger partial charge is 0.376 e. The molecule has 2 heterocycles. The first-order chi connectivity index (χ1) is 11.9. The molecule has 1 aliphatic carbocycles. The van der Waals surface area contributed by atoms with Gasteiger partial charge in [0.05, 0.1) is 30.9 Å². The van der Waals surface area contributed by atoms with E-state index in [0.717, 1.165) is 18.1 Å². The molecule has 2 aliphatic rings. The van der Waals surface area contributed by atoms with Crippen molar-refractivity contribution in [3.05, 3.63) is 30.0 Å². The van der Waals surface area contributed by atoms with Gasteiger partial charge in [-0.3, -0.25) is 4.79 Å². The van der Waals surface area contributed by atoms with Gasteiger partial charge in [-0.15, -0.1) is 0 Å². The molecule has 4 atom stereocenters. The lowest BCUT2D eigenvalue weighted by Gasteiger charge is -2.47. The number of hydrogen-bond acceptors (Lipinski definition) is 6. The highest BCUT2D eigenvalue weighted by Gasteiger charge is 2.55. The molecule has 0 spiro atoms. The Kier molecular flexibility index (Phi) is 4.01. The molecule has 0 radical (unpaired) electrons. The fourth-order valence-corrected chi connectivity index (χ4v) is 4.52. The summed E-state index contributed by atoms with van der Waals surface area (Å²) in [7, 11) is -3.38. The Hall–Kier alpha value is -1.97. The van der Waals surface area contributed by atoms with Crippen LogP contribution in [0.1, 0.15) is 12.1 Å². The third kappa shape index (κ3) is 3.14. The smallest absolute Gasteiger partial charge is 0.226 e. The standard InChI is InChI=1S/C16H19N3O5S/c1-25(21,22)19-15-14(10-6-7-23-16(10)15)17-13(20)8-11-9-4-2-3-5-12(9)24-18-11/h2-5,10,14-16,19H,6-8H2,1H3,(H,17,20)/t10-,14+,15-,16-/m1/s1. The number of nitrogens with zero attached hydrogens (tertiary/aromatic N) is 1. The topological polar surface area (TPSA) is 111 Å². The second kappa shape index (κ2) is 6.08. The van der Waals surface area contributed by atoms with Crippen molar-refractivity contribution in [3.8, 4) is 0 Å². The fraction of sp³-hybridized carbons (Fsp3) is 0.500. The Morgan fingerprint density at radius 2 is 2.12 bits per heavy atom. The number of nitrogens with one attached hydrogen (secondary N) is 2. The second-order valence-corrected chi connectivity index (χ2v) is 8.38. The summed E-state index contributed by atoms with van der Waals surface area (Å²) >= 11 is 0. The van der Waals surface area contributed by atoms with Crippen molar-refractivity contribution in [3.63, 3.8) is 0 Å². The number of amides is 1. The molecule has 2 N–H and O–H groups in total. The molecule has 134 valence electrons. The van der Waals surface area contributed by atoms with Crippen LogP contribution >= 0.6 is 0 Å². The summed E-state index contributed by atoms with van der Waals surface area (Å²) in [5.74, 6) is -0.0769. The van der Waals surface area contributed by atoms with Crippen LogP contribution in [-0.2, 0) is 26.0 Å². The van der Waals surface area contributed by atoms with Crippen LogP contribution in [0.25, 0.3) is 11.0 Å². The maximum absolute atomic E-state index is 12.4. The molecule has 1 aromatic heterocycles. The van der Waals surface area contributed by atoms with Gasteiger partial charge in [0.1, 0.15) is 5.69 Å². The van der Waals surface area contributed by atoms with Gasteiger partial charge in [0, 0.05) is 17.9 Å². The monoisotopic (exact) mass is 365 g/mol. The maximum atomic E-state index is 12.4. The van der Waals surface area contributed by atoms with Crippen LogP contribution in [0.3, 0.4) is 0 Å². The first-order valence-corrected chi connectivity index (χ1v) is 10.0. The molecular weight excluding hydrogens is 346 g/mol. The minimum Gasteiger partial charge on any atom is -0.376 e. The second-order valence-electron chi connectivity index (χ2n) is 6.60. The van der Waals surface area contributed by atoms with Crippen LogP contribution in [-0.4, -0.2) is 50.5 Å². The number of hydrogen-bond donors (Lipinski definition) is 2. The molecular formula is C16H19N3O5S. The minimum absolute atomic E-state index is 0.0807. The first kappa shape index (κ1) is 16.5. The van der Waals surface area contributed by atoms with Gasteiger partial charge in [0.2, 0.25) is 15.9 Å². The van der Waals surface area contributed by atoms with Crippen molar-refractivity contribution < 1.29 is 22.5 Å². The van der Waals surface area contributed by atoms with E-state index < -0.39 is 16.1 Å². The van der Waals surface area contributed by atoms with E-state index in [9.17, 15) is 13.2 Å². The molecule has 25 heavy (non-hydrogen) atoms. The van der Waals surface area contributed by atoms with E-state index in [-0.39, 0.29) is 30.4 Å². The van der Waals surface area contributed by atoms with Crippen LogP contribution < -0.4 is 10.0 Å². The van der Waals surface area contributed by atoms with Crippen molar-refractivity contribution in [2.24, 2.45) is 5.92 Å². The van der Waals surface area contributed by atoms with Crippen LogP contribution in [0.15, 0.2) is 28.8 Å². The van der Waals surface area contributed by atoms with Crippen molar-refractivity contribution >= 4 is 26.9 Å². The summed E-state index contributed by atoms with van der Waals surface area (Å²) in [6.45, 7) is 0.581. The Morgan fingerprint density at radius 1 is 1.32 bits per heavy atom. The van der Waals surface area contributed by atoms with Crippen LogP contribution in [0.2, 0.25) is 0 Å². The summed E-state index contributed by atoms with van der Waals surface area (Å²) in [5, 5.41) is 7.70. The molecule has 9 heteroatoms. The molecule has 8 nitrogen and oxygen atoms in total. The molecule has 2 fully saturated rings. The lowest BCUT2D eigenvalue weighted by Crippen LogP contribution is -2.70. The summed E-state index contributed by atoms with van der Waals surface area (Å²) in [6.07, 6.45) is 1.82. The lowest BCUT2D eigenvalue weighted by molar-refractivity contribution is -0.124. The van der Waals surface area contributed by atoms with Crippen LogP contribution in [0.4, 0.5) is 0 Å². The molecule has 1 saturated heterocycles. The number of ether oxygens (including phenoxy) is 1. The van der Waals surface area contributed by atoms with Crippen molar-refractivity contribution in [1.29, 1.82) is 0 Å². The summed E-state index contributed by atoms with van der Waals surface area (Å²) in [6, 6.07) is 6.65. The Labute approximate surface area is 144 Å². The normalized spacial score (nSPS) is 28.5. The SMILES string of the molecule is CS(=O)(=O)N[C@@H]1[C@@H](NC(=O)Cc2noc3ccccc23)[C@H]2CCO[C@H]21. The summed E-state index contributed by atoms with van der Waals surface area (Å²) in [5.41, 5.74) is 1.20. The maximum Gasteiger partial charge on any atom is 0.226 e. The number of fused-ring (bicyclic) bond motifs is 2. The van der Waals surface area contributed by atoms with Gasteiger partial charge < -0.3 is 14.6 Å². The number of aromatic nitrogens is 1. The van der Waals surface area contributed by atoms with E-state index in [1.54, 1.807) is 6.07 Å². The van der Waals surface area contributed by atoms with Crippen molar-refractivity contribution in [2.45, 2.75) is 31.0 Å². The van der Waals surface area contributed by atoms with Crippen molar-refractivity contribution in [1.82, 2.24) is 15.2 Å². The lowest BCUT2D eigenvalue weighted by atomic mass is 9.72. The van der Waals surface area contributed by atoms with E-state index >= 15 is 0 Å². The zero-order valence-electron chi connectivity index (χ0n) is 13.6. The molecule has 1 aliphatic heterocycles. The van der Waals surface area contributed by atoms with E-state index in [0.29, 0.717) is 17.9 Å². The van der Waals surface area contributed by atoms with E-state index in [4.69, 9.17) is 9.26 Å². The highest BCUT2D eigenvalue weighted by Crippen LogP contribution is 2.39. The van der Waals surface area contributed by atoms with Gasteiger partial charge in [-0.1, -0.05) is 17.3 Å². The predicted octanol–water partition coefficient (Wildman–Crippen LogP) is 0.192. The van der Waals surface area contributed by atoms with E-state index in [2.05, 4.69) is 15.2 Å². The third-order valence-corrected chi connectivity index (χ3v) is 5.54. The number of benzene rings is 1. The average molecular weight is 365 g/mol. The van der Waals surface area contributed by atoms with Gasteiger partial charge in [-0.25, -0.2) is 13.1 Å². The zero-order chi connectivity index (χ0) is 17.6. The average Bonchev–Trinajstić information content (AvgIpc) is 3.15. The predicted molar refractivity (Wildman–Crippen MR) is 89.3 cm³/mol. The van der Waals surface area contributed by atoms with E-state index in [1.807, 2.05) is 18.2 Å². The summed E-state index contributed by atoms with van der Waals surface area (Å²) < 4.78 is 36.5. The van der Waals surface area contributed by atoms with Gasteiger partial charge in [-0.05, 0) is 18.6 Å². The fourth-order valence-electron chi connectivity index (χ4n) is 3.75.